The van der Waals surface area contributed by atoms with Crippen molar-refractivity contribution in [3.05, 3.63) is 0 Å². The molecule has 11 heavy (non-hydrogen) atoms. The molecule has 1 unspecified atom stereocenters. The Morgan fingerprint density at radius 1 is 1.73 bits per heavy atom. The molecule has 0 saturated carbocycles. The number of carbonyl (C=O) groups excluding carboxylic acids is 1. The van der Waals surface area contributed by atoms with Crippen LogP contribution in [-0.4, -0.2) is 29.5 Å². The van der Waals surface area contributed by atoms with Crippen molar-refractivity contribution in [2.24, 2.45) is 0 Å². The van der Waals surface area contributed by atoms with Gasteiger partial charge in [-0.25, -0.2) is 0 Å². The summed E-state index contributed by atoms with van der Waals surface area (Å²) in [5.74, 6) is 2.08. The van der Waals surface area contributed by atoms with E-state index in [0.29, 0.717) is 6.61 Å². The van der Waals surface area contributed by atoms with Crippen LogP contribution >= 0.6 is 11.8 Å². The zero-order chi connectivity index (χ0) is 8.32. The van der Waals surface area contributed by atoms with Gasteiger partial charge in [-0.15, -0.1) is 0 Å². The van der Waals surface area contributed by atoms with Crippen LogP contribution in [0.25, 0.3) is 0 Å². The monoisotopic (exact) mass is 174 g/mol. The van der Waals surface area contributed by atoms with Crippen LogP contribution in [0.3, 0.4) is 0 Å². The lowest BCUT2D eigenvalue weighted by molar-refractivity contribution is -0.138. The van der Waals surface area contributed by atoms with Gasteiger partial charge in [-0.3, -0.25) is 4.79 Å². The van der Waals surface area contributed by atoms with Crippen LogP contribution in [0.15, 0.2) is 0 Å². The molecule has 1 fully saturated rings. The van der Waals surface area contributed by atoms with Crippen molar-refractivity contribution in [2.45, 2.75) is 25.9 Å². The average Bonchev–Trinajstić information content (AvgIpc) is 2.38. The molecule has 1 rings (SSSR count). The van der Waals surface area contributed by atoms with E-state index in [1.54, 1.807) is 18.7 Å². The van der Waals surface area contributed by atoms with Crippen LogP contribution < -0.4 is 0 Å². The van der Waals surface area contributed by atoms with Gasteiger partial charge in [0, 0.05) is 12.4 Å². The molecule has 1 aliphatic heterocycles. The first-order chi connectivity index (χ1) is 5.21. The maximum Gasteiger partial charge on any atom is 0.162 e. The fraction of sp³-hybridized carbons (Fsp3) is 0.875. The summed E-state index contributed by atoms with van der Waals surface area (Å²) in [6.07, 6.45) is 0.890. The lowest BCUT2D eigenvalue weighted by Gasteiger charge is -2.24. The second-order valence-electron chi connectivity index (χ2n) is 2.79. The summed E-state index contributed by atoms with van der Waals surface area (Å²) in [6, 6.07) is 0. The molecule has 1 atom stereocenters. The highest BCUT2D eigenvalue weighted by Crippen LogP contribution is 2.31. The van der Waals surface area contributed by atoms with Gasteiger partial charge in [-0.05, 0) is 26.0 Å². The predicted octanol–water partition coefficient (Wildman–Crippen LogP) is 1.49. The first kappa shape index (κ1) is 9.07. The lowest BCUT2D eigenvalue weighted by Crippen LogP contribution is -2.40. The van der Waals surface area contributed by atoms with Crippen LogP contribution in [0.1, 0.15) is 20.3 Å². The molecule has 0 aliphatic carbocycles. The number of hydrogen-bond donors (Lipinski definition) is 0. The number of Topliss-reactive ketones (excluding diaryl/α,β-unsaturated/α-hetero) is 1. The molecular formula is C8H14O2S. The van der Waals surface area contributed by atoms with Gasteiger partial charge >= 0.3 is 0 Å². The Bertz CT molecular complexity index is 150. The van der Waals surface area contributed by atoms with E-state index in [0.717, 1.165) is 17.9 Å². The van der Waals surface area contributed by atoms with E-state index in [9.17, 15) is 4.79 Å². The minimum Gasteiger partial charge on any atom is -0.367 e. The SMILES string of the molecule is CCOC1(C(C)=O)CCSC1. The zero-order valence-corrected chi connectivity index (χ0v) is 7.87. The van der Waals surface area contributed by atoms with Gasteiger partial charge in [-0.2, -0.15) is 11.8 Å². The largest absolute Gasteiger partial charge is 0.367 e. The van der Waals surface area contributed by atoms with E-state index < -0.39 is 5.60 Å². The number of thioether (sulfide) groups is 1. The summed E-state index contributed by atoms with van der Waals surface area (Å²) < 4.78 is 5.48. The summed E-state index contributed by atoms with van der Waals surface area (Å²) in [5.41, 5.74) is -0.431. The molecule has 0 spiro atoms. The molecule has 0 radical (unpaired) electrons. The predicted molar refractivity (Wildman–Crippen MR) is 47.0 cm³/mol. The van der Waals surface area contributed by atoms with Gasteiger partial charge in [0.1, 0.15) is 5.60 Å². The average molecular weight is 174 g/mol. The van der Waals surface area contributed by atoms with E-state index in [-0.39, 0.29) is 5.78 Å². The van der Waals surface area contributed by atoms with E-state index in [4.69, 9.17) is 4.74 Å². The molecule has 2 nitrogen and oxygen atoms in total. The lowest BCUT2D eigenvalue weighted by atomic mass is 9.99. The fourth-order valence-electron chi connectivity index (χ4n) is 1.32. The second kappa shape index (κ2) is 3.59. The molecule has 0 N–H and O–H groups in total. The summed E-state index contributed by atoms with van der Waals surface area (Å²) >= 11 is 1.80. The second-order valence-corrected chi connectivity index (χ2v) is 3.89. The van der Waals surface area contributed by atoms with Gasteiger partial charge in [-0.1, -0.05) is 0 Å². The summed E-state index contributed by atoms with van der Waals surface area (Å²) in [5, 5.41) is 0. The minimum atomic E-state index is -0.431. The Kier molecular flexibility index (Phi) is 2.96. The van der Waals surface area contributed by atoms with Crippen molar-refractivity contribution in [3.63, 3.8) is 0 Å². The van der Waals surface area contributed by atoms with Crippen molar-refractivity contribution in [3.8, 4) is 0 Å². The quantitative estimate of drug-likeness (QED) is 0.648. The maximum atomic E-state index is 11.2. The van der Waals surface area contributed by atoms with Gasteiger partial charge in [0.2, 0.25) is 0 Å². The van der Waals surface area contributed by atoms with E-state index >= 15 is 0 Å². The van der Waals surface area contributed by atoms with E-state index in [2.05, 4.69) is 0 Å². The number of ether oxygens (including phenoxy) is 1. The van der Waals surface area contributed by atoms with Crippen molar-refractivity contribution in [2.75, 3.05) is 18.1 Å². The molecule has 0 bridgehead atoms. The Morgan fingerprint density at radius 2 is 2.45 bits per heavy atom. The normalized spacial score (nSPS) is 30.7. The molecule has 0 aromatic heterocycles. The smallest absolute Gasteiger partial charge is 0.162 e. The topological polar surface area (TPSA) is 26.3 Å². The van der Waals surface area contributed by atoms with Crippen molar-refractivity contribution in [1.82, 2.24) is 0 Å². The number of rotatable bonds is 3. The number of hydrogen-bond acceptors (Lipinski definition) is 3. The van der Waals surface area contributed by atoms with Crippen molar-refractivity contribution >= 4 is 17.5 Å². The third-order valence-corrected chi connectivity index (χ3v) is 3.21. The standard InChI is InChI=1S/C8H14O2S/c1-3-10-8(7(2)9)4-5-11-6-8/h3-6H2,1-2H3. The third kappa shape index (κ3) is 1.76. The van der Waals surface area contributed by atoms with Gasteiger partial charge in [0.25, 0.3) is 0 Å². The van der Waals surface area contributed by atoms with Crippen LogP contribution in [0.4, 0.5) is 0 Å². The zero-order valence-electron chi connectivity index (χ0n) is 7.05. The Labute approximate surface area is 71.7 Å². The first-order valence-corrected chi connectivity index (χ1v) is 5.09. The van der Waals surface area contributed by atoms with Crippen LogP contribution in [-0.2, 0) is 9.53 Å². The Balaban J connectivity index is 2.62. The van der Waals surface area contributed by atoms with E-state index in [1.807, 2.05) is 6.92 Å². The van der Waals surface area contributed by atoms with Crippen LogP contribution in [0.2, 0.25) is 0 Å². The van der Waals surface area contributed by atoms with E-state index in [1.165, 1.54) is 0 Å². The molecule has 0 amide bonds. The highest BCUT2D eigenvalue weighted by molar-refractivity contribution is 7.99. The van der Waals surface area contributed by atoms with Crippen LogP contribution in [0, 0.1) is 0 Å². The van der Waals surface area contributed by atoms with Crippen molar-refractivity contribution < 1.29 is 9.53 Å². The summed E-state index contributed by atoms with van der Waals surface area (Å²) in [6.45, 7) is 4.20. The minimum absolute atomic E-state index is 0.185. The molecule has 0 aromatic rings. The van der Waals surface area contributed by atoms with Crippen molar-refractivity contribution in [1.29, 1.82) is 0 Å². The highest BCUT2D eigenvalue weighted by Gasteiger charge is 2.39. The van der Waals surface area contributed by atoms with Gasteiger partial charge < -0.3 is 4.74 Å². The van der Waals surface area contributed by atoms with Crippen LogP contribution in [0.5, 0.6) is 0 Å². The molecule has 0 aromatic carbocycles. The molecule has 1 aliphatic rings. The molecular weight excluding hydrogens is 160 g/mol. The number of carbonyl (C=O) groups is 1. The van der Waals surface area contributed by atoms with Gasteiger partial charge in [0.05, 0.1) is 0 Å². The number of ketones is 1. The Hall–Kier alpha value is -0.0200. The molecule has 64 valence electrons. The summed E-state index contributed by atoms with van der Waals surface area (Å²) in [7, 11) is 0. The molecule has 3 heteroatoms. The highest BCUT2D eigenvalue weighted by atomic mass is 32.2. The molecule has 1 saturated heterocycles. The summed E-state index contributed by atoms with van der Waals surface area (Å²) in [4.78, 5) is 11.2. The maximum absolute atomic E-state index is 11.2. The first-order valence-electron chi connectivity index (χ1n) is 3.94. The molecule has 1 heterocycles. The Morgan fingerprint density at radius 3 is 2.82 bits per heavy atom. The fourth-order valence-corrected chi connectivity index (χ4v) is 2.69. The third-order valence-electron chi connectivity index (χ3n) is 2.05. The van der Waals surface area contributed by atoms with Gasteiger partial charge in [0.15, 0.2) is 5.78 Å².